The van der Waals surface area contributed by atoms with Gasteiger partial charge in [-0.15, -0.1) is 0 Å². The molecule has 8 nitrogen and oxygen atoms in total. The van der Waals surface area contributed by atoms with E-state index in [1.807, 2.05) is 0 Å². The van der Waals surface area contributed by atoms with E-state index in [1.165, 1.54) is 32.2 Å². The molecule has 2 aliphatic heterocycles. The van der Waals surface area contributed by atoms with Gasteiger partial charge >= 0.3 is 0 Å². The summed E-state index contributed by atoms with van der Waals surface area (Å²) in [4.78, 5) is 36.7. The first-order valence-electron chi connectivity index (χ1n) is 10.6. The summed E-state index contributed by atoms with van der Waals surface area (Å²) in [6.45, 7) is 3.42. The van der Waals surface area contributed by atoms with E-state index in [9.17, 15) is 9.59 Å². The van der Waals surface area contributed by atoms with Gasteiger partial charge in [0, 0.05) is 53.4 Å². The third kappa shape index (κ3) is 5.16. The summed E-state index contributed by atoms with van der Waals surface area (Å²) in [6.07, 6.45) is 6.38. The van der Waals surface area contributed by atoms with E-state index in [0.29, 0.717) is 17.9 Å². The Morgan fingerprint density at radius 2 is 1.71 bits per heavy atom. The first-order chi connectivity index (χ1) is 13.4. The van der Waals surface area contributed by atoms with Gasteiger partial charge in [-0.3, -0.25) is 14.5 Å². The Kier molecular flexibility index (Phi) is 6.80. The van der Waals surface area contributed by atoms with E-state index >= 15 is 0 Å². The fourth-order valence-electron chi connectivity index (χ4n) is 4.36. The molecule has 1 aliphatic carbocycles. The van der Waals surface area contributed by atoms with Gasteiger partial charge in [-0.25, -0.2) is 4.99 Å². The van der Waals surface area contributed by atoms with Crippen LogP contribution in [0.3, 0.4) is 0 Å². The maximum Gasteiger partial charge on any atom is 0.243 e. The van der Waals surface area contributed by atoms with Crippen molar-refractivity contribution in [3.63, 3.8) is 0 Å². The monoisotopic (exact) mass is 392 g/mol. The smallest absolute Gasteiger partial charge is 0.243 e. The molecular weight excluding hydrogens is 356 g/mol. The summed E-state index contributed by atoms with van der Waals surface area (Å²) in [6, 6.07) is 1.51. The van der Waals surface area contributed by atoms with Crippen molar-refractivity contribution in [1.29, 1.82) is 0 Å². The Labute approximate surface area is 168 Å². The van der Waals surface area contributed by atoms with Crippen molar-refractivity contribution >= 4 is 17.8 Å². The van der Waals surface area contributed by atoms with Crippen molar-refractivity contribution in [2.75, 3.05) is 60.9 Å². The van der Waals surface area contributed by atoms with Gasteiger partial charge in [-0.2, -0.15) is 0 Å². The van der Waals surface area contributed by atoms with E-state index in [2.05, 4.69) is 20.1 Å². The number of fused-ring (bicyclic) bond motifs is 1. The van der Waals surface area contributed by atoms with Gasteiger partial charge in [0.2, 0.25) is 11.8 Å². The lowest BCUT2D eigenvalue weighted by Gasteiger charge is -2.48. The van der Waals surface area contributed by atoms with Gasteiger partial charge in [0.1, 0.15) is 6.54 Å². The molecule has 0 aromatic carbocycles. The number of carbonyl (C=O) groups excluding carboxylic acids is 2. The maximum absolute atomic E-state index is 12.0. The minimum Gasteiger partial charge on any atom is -0.347 e. The molecule has 0 radical (unpaired) electrons. The number of nitrogens with one attached hydrogen (secondary N) is 1. The van der Waals surface area contributed by atoms with Crippen molar-refractivity contribution in [2.24, 2.45) is 10.9 Å². The molecule has 8 heteroatoms. The van der Waals surface area contributed by atoms with Crippen LogP contribution in [0.25, 0.3) is 0 Å². The highest BCUT2D eigenvalue weighted by atomic mass is 16.2. The minimum atomic E-state index is -0.0364. The second-order valence-electron chi connectivity index (χ2n) is 8.74. The minimum absolute atomic E-state index is 0.000836. The number of aliphatic imine (C=N–C) groups is 1. The van der Waals surface area contributed by atoms with Crippen LogP contribution in [0, 0.1) is 5.92 Å². The van der Waals surface area contributed by atoms with Crippen molar-refractivity contribution in [1.82, 2.24) is 24.9 Å². The Bertz CT molecular complexity index is 602. The van der Waals surface area contributed by atoms with Crippen LogP contribution in [0.1, 0.15) is 32.1 Å². The molecule has 0 aromatic rings. The summed E-state index contributed by atoms with van der Waals surface area (Å²) in [5, 5.41) is 3.21. The average molecular weight is 393 g/mol. The number of likely N-dealkylation sites (tertiary alicyclic amines) is 2. The first-order valence-corrected chi connectivity index (χ1v) is 10.6. The van der Waals surface area contributed by atoms with Gasteiger partial charge in [-0.1, -0.05) is 0 Å². The molecule has 0 aromatic heterocycles. The van der Waals surface area contributed by atoms with Crippen LogP contribution in [0.2, 0.25) is 0 Å². The second-order valence-corrected chi connectivity index (χ2v) is 8.74. The van der Waals surface area contributed by atoms with Crippen molar-refractivity contribution in [2.45, 2.75) is 44.2 Å². The third-order valence-electron chi connectivity index (χ3n) is 6.19. The third-order valence-corrected chi connectivity index (χ3v) is 6.19. The molecule has 158 valence electrons. The molecule has 28 heavy (non-hydrogen) atoms. The van der Waals surface area contributed by atoms with Crippen molar-refractivity contribution in [3.8, 4) is 0 Å². The zero-order chi connectivity index (χ0) is 20.3. The van der Waals surface area contributed by atoms with Crippen LogP contribution in [0.5, 0.6) is 0 Å². The number of hydrogen-bond donors (Lipinski definition) is 1. The fraction of sp³-hybridized carbons (Fsp3) is 0.850. The van der Waals surface area contributed by atoms with Gasteiger partial charge in [0.25, 0.3) is 0 Å². The van der Waals surface area contributed by atoms with Crippen molar-refractivity contribution < 1.29 is 9.59 Å². The summed E-state index contributed by atoms with van der Waals surface area (Å²) < 4.78 is 0. The molecule has 2 unspecified atom stereocenters. The zero-order valence-electron chi connectivity index (χ0n) is 17.9. The Morgan fingerprint density at radius 3 is 2.36 bits per heavy atom. The quantitative estimate of drug-likeness (QED) is 0.529. The number of carbonyl (C=O) groups is 2. The van der Waals surface area contributed by atoms with Gasteiger partial charge in [-0.05, 0) is 44.6 Å². The molecule has 2 atom stereocenters. The lowest BCUT2D eigenvalue weighted by molar-refractivity contribution is -0.127. The summed E-state index contributed by atoms with van der Waals surface area (Å²) in [5.41, 5.74) is 0. The predicted octanol–water partition coefficient (Wildman–Crippen LogP) is 0.0571. The van der Waals surface area contributed by atoms with E-state index in [-0.39, 0.29) is 24.9 Å². The van der Waals surface area contributed by atoms with E-state index < -0.39 is 0 Å². The van der Waals surface area contributed by atoms with Gasteiger partial charge < -0.3 is 20.0 Å². The fourth-order valence-corrected chi connectivity index (χ4v) is 4.36. The SMILES string of the molecule is CN(C)C(=O)CN=C(NCC(=O)N(C)C)N1CCC2C(CCCN2C2CC2)C1. The lowest BCUT2D eigenvalue weighted by atomic mass is 9.83. The van der Waals surface area contributed by atoms with Gasteiger partial charge in [0.15, 0.2) is 5.96 Å². The Morgan fingerprint density at radius 1 is 1.00 bits per heavy atom. The summed E-state index contributed by atoms with van der Waals surface area (Å²) in [7, 11) is 6.97. The van der Waals surface area contributed by atoms with Crippen LogP contribution in [-0.4, -0.2) is 110 Å². The normalized spacial score (nSPS) is 25.9. The van der Waals surface area contributed by atoms with Crippen LogP contribution in [0.15, 0.2) is 4.99 Å². The number of piperidine rings is 2. The van der Waals surface area contributed by atoms with Crippen LogP contribution >= 0.6 is 0 Å². The number of guanidine groups is 1. The molecule has 2 saturated heterocycles. The molecule has 2 heterocycles. The average Bonchev–Trinajstić information content (AvgIpc) is 3.51. The second kappa shape index (κ2) is 9.11. The molecule has 1 N–H and O–H groups in total. The van der Waals surface area contributed by atoms with Gasteiger partial charge in [0.05, 0.1) is 6.54 Å². The predicted molar refractivity (Wildman–Crippen MR) is 110 cm³/mol. The number of hydrogen-bond acceptors (Lipinski definition) is 4. The highest BCUT2D eigenvalue weighted by molar-refractivity contribution is 5.88. The lowest BCUT2D eigenvalue weighted by Crippen LogP contribution is -2.58. The van der Waals surface area contributed by atoms with E-state index in [0.717, 1.165) is 25.6 Å². The molecular formula is C20H36N6O2. The van der Waals surface area contributed by atoms with E-state index in [1.54, 1.807) is 38.0 Å². The number of rotatable bonds is 5. The molecule has 0 spiro atoms. The largest absolute Gasteiger partial charge is 0.347 e. The summed E-state index contributed by atoms with van der Waals surface area (Å²) >= 11 is 0. The van der Waals surface area contributed by atoms with Crippen LogP contribution < -0.4 is 5.32 Å². The summed E-state index contributed by atoms with van der Waals surface area (Å²) in [5.74, 6) is 1.29. The molecule has 3 aliphatic rings. The Balaban J connectivity index is 1.66. The molecule has 3 fully saturated rings. The standard InChI is InChI=1S/C20H36N6O2/c1-23(2)18(27)12-21-20(22-13-19(28)24(3)4)25-11-9-17-15(14-25)6-5-10-26(17)16-7-8-16/h15-17H,5-14H2,1-4H3,(H,21,22). The number of likely N-dealkylation sites (N-methyl/N-ethyl adjacent to an activating group) is 2. The molecule has 2 amide bonds. The van der Waals surface area contributed by atoms with E-state index in [4.69, 9.17) is 0 Å². The number of nitrogens with zero attached hydrogens (tertiary/aromatic N) is 5. The number of amides is 2. The topological polar surface area (TPSA) is 71.5 Å². The molecule has 0 bridgehead atoms. The first kappa shape index (κ1) is 20.9. The van der Waals surface area contributed by atoms with Crippen molar-refractivity contribution in [3.05, 3.63) is 0 Å². The molecule has 1 saturated carbocycles. The zero-order valence-corrected chi connectivity index (χ0v) is 17.9. The highest BCUT2D eigenvalue weighted by Crippen LogP contribution is 2.38. The maximum atomic E-state index is 12.0. The Hall–Kier alpha value is -1.83. The van der Waals surface area contributed by atoms with Crippen LogP contribution in [-0.2, 0) is 9.59 Å². The molecule has 3 rings (SSSR count). The highest BCUT2D eigenvalue weighted by Gasteiger charge is 2.42. The van der Waals surface area contributed by atoms with Crippen LogP contribution in [0.4, 0.5) is 0 Å².